The van der Waals surface area contributed by atoms with Crippen molar-refractivity contribution in [2.45, 2.75) is 6.18 Å². The molecule has 1 aliphatic heterocycles. The van der Waals surface area contributed by atoms with E-state index in [0.717, 1.165) is 17.0 Å². The number of hydrogen-bond donors (Lipinski definition) is 1. The minimum absolute atomic E-state index is 0.00334. The number of amides is 3. The lowest BCUT2D eigenvalue weighted by Crippen LogP contribution is -2.30. The molecule has 1 aliphatic rings. The quantitative estimate of drug-likeness (QED) is 0.672. The number of rotatable bonds is 2. The molecule has 1 heterocycles. The van der Waals surface area contributed by atoms with Gasteiger partial charge in [-0.05, 0) is 35.9 Å². The van der Waals surface area contributed by atoms with E-state index in [-0.39, 0.29) is 5.70 Å². The first kappa shape index (κ1) is 15.8. The molecule has 0 saturated carbocycles. The molecular formula is C17H11F3N2O2. The predicted molar refractivity (Wildman–Crippen MR) is 81.9 cm³/mol. The van der Waals surface area contributed by atoms with E-state index in [9.17, 15) is 22.8 Å². The second-order valence-electron chi connectivity index (χ2n) is 5.08. The van der Waals surface area contributed by atoms with Crippen molar-refractivity contribution in [2.75, 3.05) is 4.90 Å². The highest BCUT2D eigenvalue weighted by Crippen LogP contribution is 2.29. The fourth-order valence-electron chi connectivity index (χ4n) is 2.28. The predicted octanol–water partition coefficient (Wildman–Crippen LogP) is 3.80. The highest BCUT2D eigenvalue weighted by molar-refractivity contribution is 6.28. The van der Waals surface area contributed by atoms with Gasteiger partial charge in [-0.1, -0.05) is 30.3 Å². The number of alkyl halides is 3. The van der Waals surface area contributed by atoms with Crippen LogP contribution < -0.4 is 10.2 Å². The van der Waals surface area contributed by atoms with Crippen molar-refractivity contribution in [3.05, 3.63) is 71.4 Å². The minimum Gasteiger partial charge on any atom is -0.302 e. The van der Waals surface area contributed by atoms with Gasteiger partial charge < -0.3 is 5.32 Å². The lowest BCUT2D eigenvalue weighted by molar-refractivity contribution is -0.137. The highest BCUT2D eigenvalue weighted by atomic mass is 19.4. The van der Waals surface area contributed by atoms with E-state index in [4.69, 9.17) is 0 Å². The van der Waals surface area contributed by atoms with Gasteiger partial charge in [-0.15, -0.1) is 0 Å². The molecule has 0 bridgehead atoms. The van der Waals surface area contributed by atoms with E-state index < -0.39 is 23.7 Å². The Morgan fingerprint density at radius 2 is 1.54 bits per heavy atom. The summed E-state index contributed by atoms with van der Waals surface area (Å²) in [5, 5.41) is 2.42. The molecule has 122 valence electrons. The van der Waals surface area contributed by atoms with Crippen LogP contribution in [0, 0.1) is 0 Å². The largest absolute Gasteiger partial charge is 0.416 e. The Balaban J connectivity index is 1.87. The summed E-state index contributed by atoms with van der Waals surface area (Å²) in [5.41, 5.74) is 0.0124. The number of nitrogens with zero attached hydrogens (tertiary/aromatic N) is 1. The topological polar surface area (TPSA) is 49.4 Å². The van der Waals surface area contributed by atoms with Crippen LogP contribution in [-0.4, -0.2) is 11.9 Å². The van der Waals surface area contributed by atoms with E-state index in [1.807, 2.05) is 0 Å². The fraction of sp³-hybridized carbons (Fsp3) is 0.0588. The molecule has 0 unspecified atom stereocenters. The van der Waals surface area contributed by atoms with Crippen molar-refractivity contribution >= 4 is 23.7 Å². The first-order valence-electron chi connectivity index (χ1n) is 6.96. The highest BCUT2D eigenvalue weighted by Gasteiger charge is 2.35. The molecule has 2 aromatic rings. The first-order valence-corrected chi connectivity index (χ1v) is 6.96. The Hall–Kier alpha value is -3.09. The summed E-state index contributed by atoms with van der Waals surface area (Å²) in [7, 11) is 0. The van der Waals surface area contributed by atoms with Gasteiger partial charge >= 0.3 is 12.2 Å². The Morgan fingerprint density at radius 3 is 2.12 bits per heavy atom. The van der Waals surface area contributed by atoms with E-state index in [1.165, 1.54) is 18.2 Å². The standard InChI is InChI=1S/C17H11F3N2O2/c18-17(19,20)12-8-6-11(7-9-12)10-14-15(23)22(16(24)21-14)13-4-2-1-3-5-13/h1-10H,(H,21,24). The third-order valence-corrected chi connectivity index (χ3v) is 3.44. The maximum Gasteiger partial charge on any atom is 0.416 e. The summed E-state index contributed by atoms with van der Waals surface area (Å²) >= 11 is 0. The Morgan fingerprint density at radius 1 is 0.917 bits per heavy atom. The molecule has 1 saturated heterocycles. The van der Waals surface area contributed by atoms with Crippen LogP contribution in [0.3, 0.4) is 0 Å². The summed E-state index contributed by atoms with van der Waals surface area (Å²) < 4.78 is 37.6. The first-order chi connectivity index (χ1) is 11.4. The van der Waals surface area contributed by atoms with Gasteiger partial charge in [-0.25, -0.2) is 9.69 Å². The Kier molecular flexibility index (Phi) is 3.84. The van der Waals surface area contributed by atoms with E-state index in [2.05, 4.69) is 5.32 Å². The van der Waals surface area contributed by atoms with Gasteiger partial charge in [0.15, 0.2) is 0 Å². The normalized spacial score (nSPS) is 16.6. The van der Waals surface area contributed by atoms with Crippen molar-refractivity contribution in [2.24, 2.45) is 0 Å². The van der Waals surface area contributed by atoms with Crippen LogP contribution in [0.5, 0.6) is 0 Å². The average Bonchev–Trinajstić information content (AvgIpc) is 2.82. The number of halogens is 3. The van der Waals surface area contributed by atoms with Crippen molar-refractivity contribution in [3.63, 3.8) is 0 Å². The number of carbonyl (C=O) groups is 2. The summed E-state index contributed by atoms with van der Waals surface area (Å²) in [5.74, 6) is -0.564. The Bertz CT molecular complexity index is 812. The second kappa shape index (κ2) is 5.84. The molecule has 0 radical (unpaired) electrons. The Labute approximate surface area is 135 Å². The van der Waals surface area contributed by atoms with Crippen LogP contribution in [0.1, 0.15) is 11.1 Å². The van der Waals surface area contributed by atoms with Gasteiger partial charge in [0.2, 0.25) is 0 Å². The molecule has 24 heavy (non-hydrogen) atoms. The molecule has 4 nitrogen and oxygen atoms in total. The summed E-state index contributed by atoms with van der Waals surface area (Å²) in [6.45, 7) is 0. The molecule has 3 rings (SSSR count). The summed E-state index contributed by atoms with van der Waals surface area (Å²) in [4.78, 5) is 25.3. The molecule has 0 aliphatic carbocycles. The van der Waals surface area contributed by atoms with Crippen LogP contribution in [-0.2, 0) is 11.0 Å². The number of urea groups is 1. The van der Waals surface area contributed by atoms with Crippen LogP contribution in [0.25, 0.3) is 6.08 Å². The van der Waals surface area contributed by atoms with Gasteiger partial charge in [-0.2, -0.15) is 13.2 Å². The molecule has 3 amide bonds. The van der Waals surface area contributed by atoms with Crippen LogP contribution >= 0.6 is 0 Å². The van der Waals surface area contributed by atoms with Crippen LogP contribution in [0.15, 0.2) is 60.3 Å². The molecule has 2 aromatic carbocycles. The zero-order chi connectivity index (χ0) is 17.3. The number of para-hydroxylation sites is 1. The van der Waals surface area contributed by atoms with Crippen molar-refractivity contribution in [1.82, 2.24) is 5.32 Å². The molecular weight excluding hydrogens is 321 g/mol. The number of benzene rings is 2. The van der Waals surface area contributed by atoms with Gasteiger partial charge in [0, 0.05) is 0 Å². The van der Waals surface area contributed by atoms with Crippen LogP contribution in [0.4, 0.5) is 23.7 Å². The summed E-state index contributed by atoms with van der Waals surface area (Å²) in [6.07, 6.45) is -3.09. The third kappa shape index (κ3) is 3.01. The van der Waals surface area contributed by atoms with Crippen molar-refractivity contribution < 1.29 is 22.8 Å². The molecule has 0 atom stereocenters. The van der Waals surface area contributed by atoms with Gasteiger partial charge in [0.25, 0.3) is 5.91 Å². The number of anilines is 1. The molecule has 1 fully saturated rings. The smallest absolute Gasteiger partial charge is 0.302 e. The monoisotopic (exact) mass is 332 g/mol. The lowest BCUT2D eigenvalue weighted by atomic mass is 10.1. The number of nitrogens with one attached hydrogen (secondary N) is 1. The lowest BCUT2D eigenvalue weighted by Gasteiger charge is -2.10. The van der Waals surface area contributed by atoms with E-state index in [0.29, 0.717) is 11.3 Å². The fourth-order valence-corrected chi connectivity index (χ4v) is 2.28. The third-order valence-electron chi connectivity index (χ3n) is 3.44. The SMILES string of the molecule is O=C1NC(=Cc2ccc(C(F)(F)F)cc2)C(=O)N1c1ccccc1. The number of carbonyl (C=O) groups excluding carboxylic acids is 2. The number of hydrogen-bond acceptors (Lipinski definition) is 2. The molecule has 0 spiro atoms. The number of imide groups is 1. The zero-order valence-electron chi connectivity index (χ0n) is 12.2. The molecule has 0 aromatic heterocycles. The van der Waals surface area contributed by atoms with Gasteiger partial charge in [0.1, 0.15) is 5.70 Å². The maximum atomic E-state index is 12.5. The second-order valence-corrected chi connectivity index (χ2v) is 5.08. The zero-order valence-corrected chi connectivity index (χ0v) is 12.2. The molecule has 1 N–H and O–H groups in total. The van der Waals surface area contributed by atoms with E-state index in [1.54, 1.807) is 30.3 Å². The van der Waals surface area contributed by atoms with Gasteiger partial charge in [0.05, 0.1) is 11.3 Å². The van der Waals surface area contributed by atoms with Crippen molar-refractivity contribution in [1.29, 1.82) is 0 Å². The maximum absolute atomic E-state index is 12.5. The van der Waals surface area contributed by atoms with E-state index >= 15 is 0 Å². The molecule has 7 heteroatoms. The van der Waals surface area contributed by atoms with Crippen molar-refractivity contribution in [3.8, 4) is 0 Å². The van der Waals surface area contributed by atoms with Crippen LogP contribution in [0.2, 0.25) is 0 Å². The van der Waals surface area contributed by atoms with Gasteiger partial charge in [-0.3, -0.25) is 4.79 Å². The average molecular weight is 332 g/mol. The summed E-state index contributed by atoms with van der Waals surface area (Å²) in [6, 6.07) is 12.1. The minimum atomic E-state index is -4.42.